The summed E-state index contributed by atoms with van der Waals surface area (Å²) in [6.07, 6.45) is 2.08. The van der Waals surface area contributed by atoms with Crippen LogP contribution in [0.25, 0.3) is 5.69 Å². The molecule has 0 saturated carbocycles. The molecular formula is C13H14N4O4. The summed E-state index contributed by atoms with van der Waals surface area (Å²) < 4.78 is 1.46. The Morgan fingerprint density at radius 3 is 2.67 bits per heavy atom. The number of aliphatic hydroxyl groups excluding tert-OH is 1. The number of rotatable bonds is 6. The molecule has 2 N–H and O–H groups in total. The Labute approximate surface area is 120 Å². The van der Waals surface area contributed by atoms with Gasteiger partial charge in [-0.1, -0.05) is 0 Å². The number of benzene rings is 1. The van der Waals surface area contributed by atoms with Crippen molar-refractivity contribution in [2.45, 2.75) is 6.42 Å². The molecule has 0 aliphatic rings. The molecule has 1 heterocycles. The van der Waals surface area contributed by atoms with Gasteiger partial charge in [0.2, 0.25) is 0 Å². The monoisotopic (exact) mass is 290 g/mol. The van der Waals surface area contributed by atoms with Crippen molar-refractivity contribution in [3.63, 3.8) is 0 Å². The van der Waals surface area contributed by atoms with E-state index in [1.54, 1.807) is 24.4 Å². The van der Waals surface area contributed by atoms with Crippen LogP contribution in [0.5, 0.6) is 0 Å². The predicted molar refractivity (Wildman–Crippen MR) is 74.3 cm³/mol. The maximum atomic E-state index is 11.7. The molecule has 0 atom stereocenters. The SMILES string of the molecule is O=C(NCCCO)c1ccn(-c2ccc([N+](=O)[O-])cc2)n1. The number of carbonyl (C=O) groups excluding carboxylic acids is 1. The number of hydrogen-bond donors (Lipinski definition) is 2. The maximum Gasteiger partial charge on any atom is 0.271 e. The fraction of sp³-hybridized carbons (Fsp3) is 0.231. The Bertz CT molecular complexity index is 636. The molecule has 110 valence electrons. The average Bonchev–Trinajstić information content (AvgIpc) is 2.97. The molecule has 0 unspecified atom stereocenters. The van der Waals surface area contributed by atoms with Crippen LogP contribution in [0.15, 0.2) is 36.5 Å². The Hall–Kier alpha value is -2.74. The molecule has 1 aromatic heterocycles. The van der Waals surface area contributed by atoms with Crippen molar-refractivity contribution < 1.29 is 14.8 Å². The van der Waals surface area contributed by atoms with Crippen LogP contribution < -0.4 is 5.32 Å². The first-order chi connectivity index (χ1) is 10.1. The van der Waals surface area contributed by atoms with Gasteiger partial charge in [-0.15, -0.1) is 0 Å². The zero-order valence-electron chi connectivity index (χ0n) is 11.1. The van der Waals surface area contributed by atoms with E-state index in [-0.39, 0.29) is 23.9 Å². The van der Waals surface area contributed by atoms with E-state index in [1.807, 2.05) is 0 Å². The highest BCUT2D eigenvalue weighted by atomic mass is 16.6. The van der Waals surface area contributed by atoms with Gasteiger partial charge in [-0.05, 0) is 24.6 Å². The van der Waals surface area contributed by atoms with E-state index in [4.69, 9.17) is 5.11 Å². The highest BCUT2D eigenvalue weighted by Crippen LogP contribution is 2.14. The Balaban J connectivity index is 2.08. The lowest BCUT2D eigenvalue weighted by Crippen LogP contribution is -2.25. The summed E-state index contributed by atoms with van der Waals surface area (Å²) in [4.78, 5) is 21.9. The molecule has 21 heavy (non-hydrogen) atoms. The van der Waals surface area contributed by atoms with Crippen LogP contribution in [0.2, 0.25) is 0 Å². The summed E-state index contributed by atoms with van der Waals surface area (Å²) in [5, 5.41) is 26.0. The summed E-state index contributed by atoms with van der Waals surface area (Å²) in [6.45, 7) is 0.386. The minimum absolute atomic E-state index is 0.00660. The number of hydrogen-bond acceptors (Lipinski definition) is 5. The topological polar surface area (TPSA) is 110 Å². The zero-order valence-corrected chi connectivity index (χ0v) is 11.1. The van der Waals surface area contributed by atoms with Gasteiger partial charge in [-0.2, -0.15) is 5.10 Å². The van der Waals surface area contributed by atoms with E-state index in [9.17, 15) is 14.9 Å². The van der Waals surface area contributed by atoms with Crippen molar-refractivity contribution in [1.82, 2.24) is 15.1 Å². The van der Waals surface area contributed by atoms with Gasteiger partial charge in [-0.25, -0.2) is 4.68 Å². The van der Waals surface area contributed by atoms with Gasteiger partial charge in [0.25, 0.3) is 11.6 Å². The van der Waals surface area contributed by atoms with Crippen LogP contribution in [0, 0.1) is 10.1 Å². The number of amides is 1. The number of nitro groups is 1. The van der Waals surface area contributed by atoms with Crippen molar-refractivity contribution in [3.8, 4) is 5.69 Å². The van der Waals surface area contributed by atoms with Gasteiger partial charge in [0.05, 0.1) is 10.6 Å². The predicted octanol–water partition coefficient (Wildman–Crippen LogP) is 0.893. The van der Waals surface area contributed by atoms with Gasteiger partial charge >= 0.3 is 0 Å². The quantitative estimate of drug-likeness (QED) is 0.466. The number of carbonyl (C=O) groups is 1. The first kappa shape index (κ1) is 14.7. The van der Waals surface area contributed by atoms with Gasteiger partial charge in [0, 0.05) is 31.5 Å². The molecule has 0 fully saturated rings. The number of aromatic nitrogens is 2. The van der Waals surface area contributed by atoms with Gasteiger partial charge in [-0.3, -0.25) is 14.9 Å². The minimum Gasteiger partial charge on any atom is -0.396 e. The first-order valence-electron chi connectivity index (χ1n) is 6.31. The highest BCUT2D eigenvalue weighted by molar-refractivity contribution is 5.92. The molecule has 0 aliphatic carbocycles. The van der Waals surface area contributed by atoms with Crippen LogP contribution in [0.4, 0.5) is 5.69 Å². The summed E-state index contributed by atoms with van der Waals surface area (Å²) in [6, 6.07) is 7.41. The van der Waals surface area contributed by atoms with E-state index in [2.05, 4.69) is 10.4 Å². The van der Waals surface area contributed by atoms with Crippen LogP contribution in [-0.2, 0) is 0 Å². The summed E-state index contributed by atoms with van der Waals surface area (Å²) >= 11 is 0. The third kappa shape index (κ3) is 3.63. The molecule has 2 aromatic rings. The van der Waals surface area contributed by atoms with Crippen LogP contribution in [-0.4, -0.2) is 38.9 Å². The molecule has 8 heteroatoms. The fourth-order valence-corrected chi connectivity index (χ4v) is 1.69. The number of non-ortho nitro benzene ring substituents is 1. The second kappa shape index (κ2) is 6.62. The number of nitrogens with zero attached hydrogens (tertiary/aromatic N) is 3. The van der Waals surface area contributed by atoms with E-state index in [0.29, 0.717) is 18.7 Å². The lowest BCUT2D eigenvalue weighted by atomic mass is 10.3. The lowest BCUT2D eigenvalue weighted by Gasteiger charge is -2.02. The van der Waals surface area contributed by atoms with Gasteiger partial charge in [0.15, 0.2) is 5.69 Å². The third-order valence-corrected chi connectivity index (χ3v) is 2.77. The molecule has 8 nitrogen and oxygen atoms in total. The number of aliphatic hydroxyl groups is 1. The van der Waals surface area contributed by atoms with Crippen molar-refractivity contribution in [2.24, 2.45) is 0 Å². The molecule has 1 amide bonds. The maximum absolute atomic E-state index is 11.7. The molecule has 0 bridgehead atoms. The van der Waals surface area contributed by atoms with Crippen molar-refractivity contribution in [3.05, 3.63) is 52.3 Å². The molecular weight excluding hydrogens is 276 g/mol. The molecule has 1 aromatic carbocycles. The Morgan fingerprint density at radius 2 is 2.05 bits per heavy atom. The zero-order chi connectivity index (χ0) is 15.2. The summed E-state index contributed by atoms with van der Waals surface area (Å²) in [5.74, 6) is -0.330. The molecule has 0 aliphatic heterocycles. The first-order valence-corrected chi connectivity index (χ1v) is 6.31. The van der Waals surface area contributed by atoms with Gasteiger partial charge < -0.3 is 10.4 Å². The van der Waals surface area contributed by atoms with E-state index in [0.717, 1.165) is 0 Å². The fourth-order valence-electron chi connectivity index (χ4n) is 1.69. The van der Waals surface area contributed by atoms with E-state index >= 15 is 0 Å². The Morgan fingerprint density at radius 1 is 1.33 bits per heavy atom. The normalized spacial score (nSPS) is 10.3. The van der Waals surface area contributed by atoms with Crippen molar-refractivity contribution in [1.29, 1.82) is 0 Å². The summed E-state index contributed by atoms with van der Waals surface area (Å²) in [5.41, 5.74) is 0.856. The van der Waals surface area contributed by atoms with Crippen molar-refractivity contribution >= 4 is 11.6 Å². The molecule has 2 rings (SSSR count). The second-order valence-corrected chi connectivity index (χ2v) is 4.25. The average molecular weight is 290 g/mol. The molecule has 0 spiro atoms. The minimum atomic E-state index is -0.479. The molecule has 0 radical (unpaired) electrons. The second-order valence-electron chi connectivity index (χ2n) is 4.25. The van der Waals surface area contributed by atoms with E-state index < -0.39 is 4.92 Å². The van der Waals surface area contributed by atoms with Crippen LogP contribution in [0.1, 0.15) is 16.9 Å². The lowest BCUT2D eigenvalue weighted by molar-refractivity contribution is -0.384. The molecule has 0 saturated heterocycles. The van der Waals surface area contributed by atoms with Crippen LogP contribution in [0.3, 0.4) is 0 Å². The number of nitrogens with one attached hydrogen (secondary N) is 1. The smallest absolute Gasteiger partial charge is 0.271 e. The highest BCUT2D eigenvalue weighted by Gasteiger charge is 2.10. The summed E-state index contributed by atoms with van der Waals surface area (Å²) in [7, 11) is 0. The van der Waals surface area contributed by atoms with Crippen LogP contribution >= 0.6 is 0 Å². The van der Waals surface area contributed by atoms with E-state index in [1.165, 1.54) is 16.8 Å². The van der Waals surface area contributed by atoms with Gasteiger partial charge in [0.1, 0.15) is 0 Å². The van der Waals surface area contributed by atoms with Crippen molar-refractivity contribution in [2.75, 3.05) is 13.2 Å². The third-order valence-electron chi connectivity index (χ3n) is 2.77. The standard InChI is InChI=1S/C13H14N4O4/c18-9-1-7-14-13(19)12-6-8-16(15-12)10-2-4-11(5-3-10)17(20)21/h2-6,8,18H,1,7,9H2,(H,14,19). The largest absolute Gasteiger partial charge is 0.396 e. The number of nitro benzene ring substituents is 1. The Kier molecular flexibility index (Phi) is 4.62.